The molecule has 1 saturated heterocycles. The summed E-state index contributed by atoms with van der Waals surface area (Å²) in [5.41, 5.74) is 2.51. The van der Waals surface area contributed by atoms with Crippen molar-refractivity contribution in [3.63, 3.8) is 0 Å². The number of anilines is 1. The monoisotopic (exact) mass is 441 g/mol. The number of hydrogen-bond acceptors (Lipinski definition) is 8. The fourth-order valence-corrected chi connectivity index (χ4v) is 6.09. The smallest absolute Gasteiger partial charge is 0.173 e. The van der Waals surface area contributed by atoms with Crippen LogP contribution in [0.2, 0.25) is 0 Å². The standard InChI is InChI=1S/C21H23N5S3/c1-13-14(2)29-21-18(13)20(23-19(24-21)17-5-4-10-27-17)26-8-6-25(7-9-26)11-16-12-28-15(3)22-16/h4-5,10,12H,6-9,11H2,1-3H3. The minimum Gasteiger partial charge on any atom is -0.353 e. The molecular weight excluding hydrogens is 418 g/mol. The van der Waals surface area contributed by atoms with Crippen molar-refractivity contribution in [1.29, 1.82) is 0 Å². The molecule has 0 N–H and O–H groups in total. The molecule has 0 amide bonds. The van der Waals surface area contributed by atoms with E-state index in [4.69, 9.17) is 9.97 Å². The van der Waals surface area contributed by atoms with Crippen LogP contribution < -0.4 is 4.90 Å². The number of nitrogens with zero attached hydrogens (tertiary/aromatic N) is 5. The Morgan fingerprint density at radius 3 is 2.52 bits per heavy atom. The zero-order valence-electron chi connectivity index (χ0n) is 16.8. The van der Waals surface area contributed by atoms with E-state index >= 15 is 0 Å². The Labute approximate surface area is 182 Å². The maximum absolute atomic E-state index is 5.06. The maximum atomic E-state index is 5.06. The van der Waals surface area contributed by atoms with Gasteiger partial charge in [0.2, 0.25) is 0 Å². The van der Waals surface area contributed by atoms with Gasteiger partial charge in [-0.15, -0.1) is 34.0 Å². The third-order valence-electron chi connectivity index (χ3n) is 5.48. The van der Waals surface area contributed by atoms with Crippen molar-refractivity contribution < 1.29 is 0 Å². The summed E-state index contributed by atoms with van der Waals surface area (Å²) in [5.74, 6) is 1.95. The lowest BCUT2D eigenvalue weighted by Crippen LogP contribution is -2.46. The third-order valence-corrected chi connectivity index (χ3v) is 8.26. The summed E-state index contributed by atoms with van der Waals surface area (Å²) in [5, 5.41) is 6.65. The molecule has 5 heterocycles. The second-order valence-electron chi connectivity index (χ2n) is 7.43. The van der Waals surface area contributed by atoms with Crippen LogP contribution in [0.1, 0.15) is 21.1 Å². The fourth-order valence-electron chi connectivity index (χ4n) is 3.80. The van der Waals surface area contributed by atoms with Crippen LogP contribution in [0.3, 0.4) is 0 Å². The van der Waals surface area contributed by atoms with Gasteiger partial charge in [-0.05, 0) is 37.8 Å². The number of piperazine rings is 1. The van der Waals surface area contributed by atoms with Crippen LogP contribution in [0.4, 0.5) is 5.82 Å². The van der Waals surface area contributed by atoms with E-state index < -0.39 is 0 Å². The van der Waals surface area contributed by atoms with Gasteiger partial charge in [-0.1, -0.05) is 6.07 Å². The van der Waals surface area contributed by atoms with Gasteiger partial charge < -0.3 is 4.90 Å². The molecule has 0 atom stereocenters. The first-order valence-corrected chi connectivity index (χ1v) is 12.4. The molecule has 0 saturated carbocycles. The topological polar surface area (TPSA) is 45.2 Å². The van der Waals surface area contributed by atoms with E-state index in [1.54, 1.807) is 34.0 Å². The van der Waals surface area contributed by atoms with Gasteiger partial charge in [0.05, 0.1) is 21.0 Å². The highest BCUT2D eigenvalue weighted by molar-refractivity contribution is 7.19. The molecule has 29 heavy (non-hydrogen) atoms. The van der Waals surface area contributed by atoms with Gasteiger partial charge in [0.15, 0.2) is 5.82 Å². The van der Waals surface area contributed by atoms with Gasteiger partial charge in [-0.3, -0.25) is 4.90 Å². The molecule has 5 nitrogen and oxygen atoms in total. The molecule has 8 heteroatoms. The number of fused-ring (bicyclic) bond motifs is 1. The Bertz CT molecular complexity index is 1140. The Balaban J connectivity index is 1.43. The molecule has 0 aliphatic carbocycles. The normalized spacial score (nSPS) is 15.5. The van der Waals surface area contributed by atoms with Crippen LogP contribution in [-0.2, 0) is 6.54 Å². The largest absolute Gasteiger partial charge is 0.353 e. The van der Waals surface area contributed by atoms with Gasteiger partial charge in [0, 0.05) is 43.0 Å². The lowest BCUT2D eigenvalue weighted by atomic mass is 10.2. The highest BCUT2D eigenvalue weighted by Gasteiger charge is 2.24. The predicted octanol–water partition coefficient (Wildman–Crippen LogP) is 5.12. The average Bonchev–Trinajstić information content (AvgIpc) is 3.44. The SMILES string of the molecule is Cc1nc(CN2CCN(c3nc(-c4cccs4)nc4sc(C)c(C)c34)CC2)cs1. The molecule has 0 spiro atoms. The van der Waals surface area contributed by atoms with Crippen molar-refractivity contribution >= 4 is 50.0 Å². The van der Waals surface area contributed by atoms with Gasteiger partial charge in [0.25, 0.3) is 0 Å². The number of thiophene rings is 2. The summed E-state index contributed by atoms with van der Waals surface area (Å²) in [6.45, 7) is 11.4. The minimum atomic E-state index is 0.851. The first-order valence-electron chi connectivity index (χ1n) is 9.78. The molecule has 0 radical (unpaired) electrons. The lowest BCUT2D eigenvalue weighted by molar-refractivity contribution is 0.247. The molecule has 4 aromatic heterocycles. The van der Waals surface area contributed by atoms with Crippen molar-refractivity contribution in [2.75, 3.05) is 31.1 Å². The Morgan fingerprint density at radius 1 is 1.00 bits per heavy atom. The van der Waals surface area contributed by atoms with Crippen molar-refractivity contribution in [3.8, 4) is 10.7 Å². The zero-order valence-corrected chi connectivity index (χ0v) is 19.3. The maximum Gasteiger partial charge on any atom is 0.173 e. The van der Waals surface area contributed by atoms with Crippen molar-refractivity contribution in [1.82, 2.24) is 19.9 Å². The van der Waals surface area contributed by atoms with Crippen LogP contribution in [0.15, 0.2) is 22.9 Å². The molecule has 4 aromatic rings. The van der Waals surface area contributed by atoms with E-state index in [1.165, 1.54) is 21.5 Å². The first-order chi connectivity index (χ1) is 14.1. The summed E-state index contributed by atoms with van der Waals surface area (Å²) in [7, 11) is 0. The number of rotatable bonds is 4. The molecule has 1 aliphatic heterocycles. The van der Waals surface area contributed by atoms with E-state index in [0.717, 1.165) is 59.1 Å². The van der Waals surface area contributed by atoms with E-state index in [2.05, 4.69) is 58.4 Å². The van der Waals surface area contributed by atoms with E-state index in [9.17, 15) is 0 Å². The van der Waals surface area contributed by atoms with E-state index in [-0.39, 0.29) is 0 Å². The summed E-state index contributed by atoms with van der Waals surface area (Å²) < 4.78 is 0. The Kier molecular flexibility index (Phi) is 5.11. The predicted molar refractivity (Wildman–Crippen MR) is 125 cm³/mol. The van der Waals surface area contributed by atoms with Gasteiger partial charge >= 0.3 is 0 Å². The zero-order chi connectivity index (χ0) is 20.0. The highest BCUT2D eigenvalue weighted by Crippen LogP contribution is 2.37. The summed E-state index contributed by atoms with van der Waals surface area (Å²) >= 11 is 5.22. The molecule has 5 rings (SSSR count). The van der Waals surface area contributed by atoms with Crippen LogP contribution in [0.25, 0.3) is 20.9 Å². The molecular formula is C21H23N5S3. The number of aromatic nitrogens is 3. The van der Waals surface area contributed by atoms with Crippen LogP contribution in [-0.4, -0.2) is 46.0 Å². The summed E-state index contributed by atoms with van der Waals surface area (Å²) in [4.78, 5) is 23.1. The van der Waals surface area contributed by atoms with E-state index in [0.29, 0.717) is 0 Å². The molecule has 1 aliphatic rings. The van der Waals surface area contributed by atoms with Gasteiger partial charge in [-0.2, -0.15) is 0 Å². The molecule has 0 aromatic carbocycles. The van der Waals surface area contributed by atoms with E-state index in [1.807, 2.05) is 0 Å². The minimum absolute atomic E-state index is 0.851. The van der Waals surface area contributed by atoms with Crippen molar-refractivity contribution in [3.05, 3.63) is 44.0 Å². The molecule has 150 valence electrons. The molecule has 0 bridgehead atoms. The second-order valence-corrected chi connectivity index (χ2v) is 10.6. The van der Waals surface area contributed by atoms with Crippen molar-refractivity contribution in [2.45, 2.75) is 27.3 Å². The number of hydrogen-bond donors (Lipinski definition) is 0. The second kappa shape index (κ2) is 7.75. The quantitative estimate of drug-likeness (QED) is 0.440. The molecule has 0 unspecified atom stereocenters. The van der Waals surface area contributed by atoms with Gasteiger partial charge in [0.1, 0.15) is 10.6 Å². The van der Waals surface area contributed by atoms with Crippen LogP contribution in [0.5, 0.6) is 0 Å². The lowest BCUT2D eigenvalue weighted by Gasteiger charge is -2.35. The van der Waals surface area contributed by atoms with Crippen LogP contribution >= 0.6 is 34.0 Å². The number of aryl methyl sites for hydroxylation is 3. The van der Waals surface area contributed by atoms with Gasteiger partial charge in [-0.25, -0.2) is 15.0 Å². The van der Waals surface area contributed by atoms with Crippen LogP contribution in [0, 0.1) is 20.8 Å². The fraction of sp³-hybridized carbons (Fsp3) is 0.381. The number of thiazole rings is 1. The Morgan fingerprint density at radius 2 is 1.83 bits per heavy atom. The average molecular weight is 442 g/mol. The summed E-state index contributed by atoms with van der Waals surface area (Å²) in [6, 6.07) is 4.17. The Hall–Kier alpha value is -1.87. The summed E-state index contributed by atoms with van der Waals surface area (Å²) in [6.07, 6.45) is 0. The third kappa shape index (κ3) is 3.70. The first kappa shape index (κ1) is 19.1. The highest BCUT2D eigenvalue weighted by atomic mass is 32.1. The molecule has 1 fully saturated rings. The van der Waals surface area contributed by atoms with Crippen molar-refractivity contribution in [2.24, 2.45) is 0 Å².